The highest BCUT2D eigenvalue weighted by Crippen LogP contribution is 2.16. The molecule has 0 spiro atoms. The molecule has 1 unspecified atom stereocenters. The van der Waals surface area contributed by atoms with E-state index in [2.05, 4.69) is 15.6 Å². The summed E-state index contributed by atoms with van der Waals surface area (Å²) < 4.78 is 7.20. The van der Waals surface area contributed by atoms with Gasteiger partial charge in [0.05, 0.1) is 18.8 Å². The number of hydrogen-bond donors (Lipinski definition) is 1. The molecule has 1 aliphatic rings. The van der Waals surface area contributed by atoms with E-state index in [9.17, 15) is 4.79 Å². The van der Waals surface area contributed by atoms with Crippen molar-refractivity contribution in [1.29, 1.82) is 0 Å². The molecule has 1 aromatic heterocycles. The summed E-state index contributed by atoms with van der Waals surface area (Å²) in [6.07, 6.45) is 4.96. The van der Waals surface area contributed by atoms with Gasteiger partial charge in [0.2, 0.25) is 0 Å². The second-order valence-corrected chi connectivity index (χ2v) is 6.00. The van der Waals surface area contributed by atoms with Gasteiger partial charge in [-0.2, -0.15) is 0 Å². The molecule has 3 rings (SSSR count). The van der Waals surface area contributed by atoms with Crippen molar-refractivity contribution in [2.24, 2.45) is 0 Å². The number of benzene rings is 1. The molecule has 1 saturated heterocycles. The molecule has 1 aliphatic heterocycles. The van der Waals surface area contributed by atoms with Crippen molar-refractivity contribution in [2.75, 3.05) is 13.2 Å². The third-order valence-electron chi connectivity index (χ3n) is 3.83. The summed E-state index contributed by atoms with van der Waals surface area (Å²) in [7, 11) is 0. The van der Waals surface area contributed by atoms with Crippen LogP contribution in [-0.4, -0.2) is 40.2 Å². The molecule has 0 saturated carbocycles. The summed E-state index contributed by atoms with van der Waals surface area (Å²) >= 11 is 6.12. The Morgan fingerprint density at radius 2 is 2.26 bits per heavy atom. The Morgan fingerprint density at radius 3 is 3.04 bits per heavy atom. The Hall–Kier alpha value is -1.92. The van der Waals surface area contributed by atoms with Crippen molar-refractivity contribution in [3.63, 3.8) is 0 Å². The predicted octanol–water partition coefficient (Wildman–Crippen LogP) is 2.28. The van der Waals surface area contributed by atoms with Crippen LogP contribution in [0.3, 0.4) is 0 Å². The average molecular weight is 335 g/mol. The van der Waals surface area contributed by atoms with Gasteiger partial charge in [-0.15, -0.1) is 5.10 Å². The van der Waals surface area contributed by atoms with Gasteiger partial charge in [-0.25, -0.2) is 4.68 Å². The first-order valence-electron chi connectivity index (χ1n) is 7.76. The highest BCUT2D eigenvalue weighted by Gasteiger charge is 2.17. The average Bonchev–Trinajstić information content (AvgIpc) is 3.04. The van der Waals surface area contributed by atoms with Crippen LogP contribution in [0.15, 0.2) is 30.5 Å². The van der Waals surface area contributed by atoms with Crippen molar-refractivity contribution in [3.8, 4) is 0 Å². The van der Waals surface area contributed by atoms with Crippen LogP contribution in [-0.2, 0) is 11.3 Å². The normalized spacial score (nSPS) is 17.9. The molecule has 23 heavy (non-hydrogen) atoms. The molecule has 1 aromatic carbocycles. The quantitative estimate of drug-likeness (QED) is 0.910. The summed E-state index contributed by atoms with van der Waals surface area (Å²) in [6.45, 7) is 1.76. The number of carbonyl (C=O) groups is 1. The first-order chi connectivity index (χ1) is 11.2. The van der Waals surface area contributed by atoms with Crippen LogP contribution in [0.4, 0.5) is 0 Å². The number of nitrogens with zero attached hydrogens (tertiary/aromatic N) is 3. The predicted molar refractivity (Wildman–Crippen MR) is 86.5 cm³/mol. The maximum absolute atomic E-state index is 12.1. The molecule has 6 nitrogen and oxygen atoms in total. The Kier molecular flexibility index (Phi) is 5.25. The van der Waals surface area contributed by atoms with Gasteiger partial charge in [0.15, 0.2) is 5.69 Å². The Bertz CT molecular complexity index is 668. The first kappa shape index (κ1) is 16.0. The largest absolute Gasteiger partial charge is 0.376 e. The molecular formula is C16H19ClN4O2. The number of hydrogen-bond acceptors (Lipinski definition) is 4. The van der Waals surface area contributed by atoms with Gasteiger partial charge in [-0.1, -0.05) is 35.0 Å². The maximum Gasteiger partial charge on any atom is 0.273 e. The standard InChI is InChI=1S/C16H19ClN4O2/c17-14-7-2-1-5-12(14)10-21-11-15(19-20-21)16(22)18-9-13-6-3-4-8-23-13/h1-2,5,7,11,13H,3-4,6,8-10H2,(H,18,22). The molecule has 0 bridgehead atoms. The second kappa shape index (κ2) is 7.57. The third kappa shape index (κ3) is 4.30. The zero-order valence-corrected chi connectivity index (χ0v) is 13.5. The number of halogens is 1. The summed E-state index contributed by atoms with van der Waals surface area (Å²) in [4.78, 5) is 12.1. The molecule has 1 fully saturated rings. The summed E-state index contributed by atoms with van der Waals surface area (Å²) in [5, 5.41) is 11.4. The van der Waals surface area contributed by atoms with Crippen molar-refractivity contribution >= 4 is 17.5 Å². The molecule has 0 aliphatic carbocycles. The highest BCUT2D eigenvalue weighted by atomic mass is 35.5. The number of carbonyl (C=O) groups excluding carboxylic acids is 1. The van der Waals surface area contributed by atoms with Crippen LogP contribution in [0.25, 0.3) is 0 Å². The van der Waals surface area contributed by atoms with E-state index in [0.717, 1.165) is 31.4 Å². The van der Waals surface area contributed by atoms with Crippen LogP contribution in [0.1, 0.15) is 35.3 Å². The lowest BCUT2D eigenvalue weighted by molar-refractivity contribution is 0.0168. The number of nitrogens with one attached hydrogen (secondary N) is 1. The van der Waals surface area contributed by atoms with Crippen molar-refractivity contribution in [2.45, 2.75) is 31.9 Å². The van der Waals surface area contributed by atoms with E-state index in [4.69, 9.17) is 16.3 Å². The van der Waals surface area contributed by atoms with Gasteiger partial charge in [-0.3, -0.25) is 4.79 Å². The highest BCUT2D eigenvalue weighted by molar-refractivity contribution is 6.31. The van der Waals surface area contributed by atoms with Gasteiger partial charge >= 0.3 is 0 Å². The molecule has 1 N–H and O–H groups in total. The third-order valence-corrected chi connectivity index (χ3v) is 4.19. The molecule has 1 atom stereocenters. The maximum atomic E-state index is 12.1. The lowest BCUT2D eigenvalue weighted by Crippen LogP contribution is -2.35. The van der Waals surface area contributed by atoms with Gasteiger partial charge in [0.1, 0.15) is 0 Å². The van der Waals surface area contributed by atoms with E-state index in [-0.39, 0.29) is 12.0 Å². The Balaban J connectivity index is 1.55. The molecule has 122 valence electrons. The molecule has 0 radical (unpaired) electrons. The first-order valence-corrected chi connectivity index (χ1v) is 8.13. The van der Waals surface area contributed by atoms with Crippen LogP contribution in [0.2, 0.25) is 5.02 Å². The lowest BCUT2D eigenvalue weighted by atomic mass is 10.1. The van der Waals surface area contributed by atoms with E-state index >= 15 is 0 Å². The fourth-order valence-electron chi connectivity index (χ4n) is 2.55. The van der Waals surface area contributed by atoms with E-state index < -0.39 is 0 Å². The fourth-order valence-corrected chi connectivity index (χ4v) is 2.74. The summed E-state index contributed by atoms with van der Waals surface area (Å²) in [5.41, 5.74) is 1.23. The SMILES string of the molecule is O=C(NCC1CCCCO1)c1cn(Cc2ccccc2Cl)nn1. The van der Waals surface area contributed by atoms with Crippen molar-refractivity contribution in [1.82, 2.24) is 20.3 Å². The van der Waals surface area contributed by atoms with E-state index in [1.165, 1.54) is 0 Å². The number of amides is 1. The van der Waals surface area contributed by atoms with Crippen LogP contribution in [0.5, 0.6) is 0 Å². The van der Waals surface area contributed by atoms with Crippen LogP contribution < -0.4 is 5.32 Å². The number of ether oxygens (including phenoxy) is 1. The van der Waals surface area contributed by atoms with E-state index in [1.54, 1.807) is 10.9 Å². The van der Waals surface area contributed by atoms with Crippen LogP contribution >= 0.6 is 11.6 Å². The zero-order valence-electron chi connectivity index (χ0n) is 12.7. The van der Waals surface area contributed by atoms with Gasteiger partial charge in [0.25, 0.3) is 5.91 Å². The second-order valence-electron chi connectivity index (χ2n) is 5.59. The topological polar surface area (TPSA) is 69.0 Å². The van der Waals surface area contributed by atoms with Gasteiger partial charge < -0.3 is 10.1 Å². The smallest absolute Gasteiger partial charge is 0.273 e. The molecule has 2 heterocycles. The molecule has 2 aromatic rings. The Morgan fingerprint density at radius 1 is 1.39 bits per heavy atom. The molecular weight excluding hydrogens is 316 g/mol. The minimum absolute atomic E-state index is 0.103. The molecule has 7 heteroatoms. The molecule has 1 amide bonds. The summed E-state index contributed by atoms with van der Waals surface area (Å²) in [6, 6.07) is 7.53. The number of aromatic nitrogens is 3. The van der Waals surface area contributed by atoms with E-state index in [0.29, 0.717) is 23.8 Å². The minimum Gasteiger partial charge on any atom is -0.376 e. The van der Waals surface area contributed by atoms with Crippen LogP contribution in [0, 0.1) is 0 Å². The lowest BCUT2D eigenvalue weighted by Gasteiger charge is -2.22. The Labute approximate surface area is 139 Å². The zero-order chi connectivity index (χ0) is 16.1. The minimum atomic E-state index is -0.232. The van der Waals surface area contributed by atoms with Crippen molar-refractivity contribution < 1.29 is 9.53 Å². The monoisotopic (exact) mass is 334 g/mol. The van der Waals surface area contributed by atoms with Gasteiger partial charge in [-0.05, 0) is 30.9 Å². The summed E-state index contributed by atoms with van der Waals surface area (Å²) in [5.74, 6) is -0.232. The number of rotatable bonds is 5. The van der Waals surface area contributed by atoms with Gasteiger partial charge in [0, 0.05) is 18.2 Å². The van der Waals surface area contributed by atoms with Crippen molar-refractivity contribution in [3.05, 3.63) is 46.7 Å². The van der Waals surface area contributed by atoms with E-state index in [1.807, 2.05) is 24.3 Å². The fraction of sp³-hybridized carbons (Fsp3) is 0.438.